The zero-order valence-electron chi connectivity index (χ0n) is 10.1. The summed E-state index contributed by atoms with van der Waals surface area (Å²) in [5, 5.41) is 0. The summed E-state index contributed by atoms with van der Waals surface area (Å²) in [7, 11) is 0. The summed E-state index contributed by atoms with van der Waals surface area (Å²) < 4.78 is 13.2. The molecule has 0 spiro atoms. The molecule has 0 saturated heterocycles. The number of nitrogens with zero attached hydrogens (tertiary/aromatic N) is 1. The van der Waals surface area contributed by atoms with Crippen molar-refractivity contribution in [3.63, 3.8) is 0 Å². The maximum atomic E-state index is 13.2. The predicted octanol–water partition coefficient (Wildman–Crippen LogP) is 3.27. The molecule has 0 atom stereocenters. The summed E-state index contributed by atoms with van der Waals surface area (Å²) in [6.45, 7) is 1.21. The van der Waals surface area contributed by atoms with Crippen molar-refractivity contribution in [2.24, 2.45) is 0 Å². The Morgan fingerprint density at radius 3 is 2.32 bits per heavy atom. The third-order valence-electron chi connectivity index (χ3n) is 3.32. The first-order valence-electron chi connectivity index (χ1n) is 6.00. The van der Waals surface area contributed by atoms with Gasteiger partial charge in [0.15, 0.2) is 0 Å². The molecule has 1 aliphatic heterocycles. The van der Waals surface area contributed by atoms with Crippen LogP contribution >= 0.6 is 12.6 Å². The molecule has 2 aromatic carbocycles. The van der Waals surface area contributed by atoms with Crippen molar-refractivity contribution in [1.82, 2.24) is 4.90 Å². The zero-order chi connectivity index (χ0) is 13.4. The molecule has 0 radical (unpaired) electrons. The largest absolute Gasteiger partial charge is 0.330 e. The molecule has 96 valence electrons. The number of amides is 1. The van der Waals surface area contributed by atoms with Crippen molar-refractivity contribution < 1.29 is 9.18 Å². The Labute approximate surface area is 116 Å². The molecule has 19 heavy (non-hydrogen) atoms. The van der Waals surface area contributed by atoms with Crippen LogP contribution in [0.25, 0.3) is 0 Å². The number of carbonyl (C=O) groups excluding carboxylic acids is 1. The number of hydrogen-bond acceptors (Lipinski definition) is 2. The Hall–Kier alpha value is -1.81. The molecule has 1 heterocycles. The molecule has 0 fully saturated rings. The third-order valence-corrected chi connectivity index (χ3v) is 3.66. The smallest absolute Gasteiger partial charge is 0.254 e. The van der Waals surface area contributed by atoms with Gasteiger partial charge in [0.05, 0.1) is 0 Å². The maximum absolute atomic E-state index is 13.2. The summed E-state index contributed by atoms with van der Waals surface area (Å²) in [6.07, 6.45) is 0. The summed E-state index contributed by atoms with van der Waals surface area (Å²) in [5.41, 5.74) is 2.81. The first-order chi connectivity index (χ1) is 9.15. The lowest BCUT2D eigenvalue weighted by molar-refractivity contribution is 0.0751. The van der Waals surface area contributed by atoms with Crippen molar-refractivity contribution in [2.75, 3.05) is 0 Å². The molecule has 0 N–H and O–H groups in total. The summed E-state index contributed by atoms with van der Waals surface area (Å²) in [5.74, 6) is -0.504. The van der Waals surface area contributed by atoms with Gasteiger partial charge in [-0.2, -0.15) is 0 Å². The van der Waals surface area contributed by atoms with Crippen molar-refractivity contribution in [1.29, 1.82) is 0 Å². The molecule has 4 heteroatoms. The molecule has 0 saturated carbocycles. The van der Waals surface area contributed by atoms with Crippen LogP contribution in [0.1, 0.15) is 21.5 Å². The quantitative estimate of drug-likeness (QED) is 0.791. The second kappa shape index (κ2) is 4.70. The van der Waals surface area contributed by atoms with Crippen LogP contribution < -0.4 is 0 Å². The van der Waals surface area contributed by atoms with Gasteiger partial charge in [-0.1, -0.05) is 24.3 Å². The highest BCUT2D eigenvalue weighted by atomic mass is 32.1. The number of benzene rings is 2. The van der Waals surface area contributed by atoms with Gasteiger partial charge in [-0.05, 0) is 29.3 Å². The summed E-state index contributed by atoms with van der Waals surface area (Å²) in [6, 6.07) is 12.2. The van der Waals surface area contributed by atoms with Crippen LogP contribution in [0.5, 0.6) is 0 Å². The van der Waals surface area contributed by atoms with Crippen LogP contribution in [0.3, 0.4) is 0 Å². The van der Waals surface area contributed by atoms with E-state index in [-0.39, 0.29) is 10.8 Å². The SMILES string of the molecule is O=C(c1ccc(F)c(S)c1)N1Cc2ccccc2C1. The standard InChI is InChI=1S/C15H12FNOS/c16-13-6-5-10(7-14(13)19)15(18)17-8-11-3-1-2-4-12(11)9-17/h1-7,19H,8-9H2. The van der Waals surface area contributed by atoms with Gasteiger partial charge in [0.1, 0.15) is 5.82 Å². The van der Waals surface area contributed by atoms with Gasteiger partial charge in [0, 0.05) is 23.5 Å². The van der Waals surface area contributed by atoms with E-state index < -0.39 is 5.82 Å². The molecule has 3 rings (SSSR count). The highest BCUT2D eigenvalue weighted by Gasteiger charge is 2.24. The molecular weight excluding hydrogens is 261 g/mol. The number of fused-ring (bicyclic) bond motifs is 1. The fraction of sp³-hybridized carbons (Fsp3) is 0.133. The average Bonchev–Trinajstić information content (AvgIpc) is 2.85. The number of halogens is 1. The zero-order valence-corrected chi connectivity index (χ0v) is 11.0. The average molecular weight is 273 g/mol. The number of thiol groups is 1. The van der Waals surface area contributed by atoms with Crippen LogP contribution in [0, 0.1) is 5.82 Å². The van der Waals surface area contributed by atoms with Crippen LogP contribution in [0.15, 0.2) is 47.4 Å². The molecule has 1 amide bonds. The van der Waals surface area contributed by atoms with Gasteiger partial charge >= 0.3 is 0 Å². The van der Waals surface area contributed by atoms with Crippen molar-refractivity contribution in [3.05, 3.63) is 65.0 Å². The predicted molar refractivity (Wildman–Crippen MR) is 73.7 cm³/mol. The molecule has 0 aromatic heterocycles. The van der Waals surface area contributed by atoms with Crippen LogP contribution in [-0.4, -0.2) is 10.8 Å². The van der Waals surface area contributed by atoms with E-state index in [2.05, 4.69) is 12.6 Å². The minimum atomic E-state index is -0.412. The van der Waals surface area contributed by atoms with E-state index in [9.17, 15) is 9.18 Å². The van der Waals surface area contributed by atoms with Crippen LogP contribution in [0.4, 0.5) is 4.39 Å². The normalized spacial score (nSPS) is 13.5. The first-order valence-corrected chi connectivity index (χ1v) is 6.44. The Morgan fingerprint density at radius 2 is 1.74 bits per heavy atom. The lowest BCUT2D eigenvalue weighted by Crippen LogP contribution is -2.25. The van der Waals surface area contributed by atoms with Gasteiger partial charge in [-0.3, -0.25) is 4.79 Å². The van der Waals surface area contributed by atoms with Gasteiger partial charge < -0.3 is 4.90 Å². The number of rotatable bonds is 1. The molecular formula is C15H12FNOS. The van der Waals surface area contributed by atoms with Gasteiger partial charge in [-0.15, -0.1) is 12.6 Å². The molecule has 1 aliphatic rings. The topological polar surface area (TPSA) is 20.3 Å². The Morgan fingerprint density at radius 1 is 1.11 bits per heavy atom. The Kier molecular flexibility index (Phi) is 3.03. The lowest BCUT2D eigenvalue weighted by Gasteiger charge is -2.15. The minimum Gasteiger partial charge on any atom is -0.330 e. The first kappa shape index (κ1) is 12.2. The Balaban J connectivity index is 1.85. The third kappa shape index (κ3) is 2.24. The summed E-state index contributed by atoms with van der Waals surface area (Å²) in [4.78, 5) is 14.3. The lowest BCUT2D eigenvalue weighted by atomic mass is 10.1. The van der Waals surface area contributed by atoms with Crippen molar-refractivity contribution in [3.8, 4) is 0 Å². The van der Waals surface area contributed by atoms with E-state index in [0.29, 0.717) is 18.7 Å². The van der Waals surface area contributed by atoms with Crippen LogP contribution in [0.2, 0.25) is 0 Å². The van der Waals surface area contributed by atoms with E-state index in [1.54, 1.807) is 4.90 Å². The minimum absolute atomic E-state index is 0.0912. The maximum Gasteiger partial charge on any atom is 0.254 e. The van der Waals surface area contributed by atoms with E-state index >= 15 is 0 Å². The van der Waals surface area contributed by atoms with Gasteiger partial charge in [0.2, 0.25) is 0 Å². The fourth-order valence-electron chi connectivity index (χ4n) is 2.31. The van der Waals surface area contributed by atoms with E-state index in [1.807, 2.05) is 24.3 Å². The van der Waals surface area contributed by atoms with E-state index in [1.165, 1.54) is 29.3 Å². The van der Waals surface area contributed by atoms with Crippen LogP contribution in [-0.2, 0) is 13.1 Å². The fourth-order valence-corrected chi connectivity index (χ4v) is 2.52. The monoisotopic (exact) mass is 273 g/mol. The van der Waals surface area contributed by atoms with Gasteiger partial charge in [-0.25, -0.2) is 4.39 Å². The number of carbonyl (C=O) groups is 1. The van der Waals surface area contributed by atoms with Gasteiger partial charge in [0.25, 0.3) is 5.91 Å². The van der Waals surface area contributed by atoms with E-state index in [4.69, 9.17) is 0 Å². The summed E-state index contributed by atoms with van der Waals surface area (Å²) >= 11 is 4.01. The van der Waals surface area contributed by atoms with Crippen molar-refractivity contribution >= 4 is 18.5 Å². The second-order valence-electron chi connectivity index (χ2n) is 4.60. The number of hydrogen-bond donors (Lipinski definition) is 1. The molecule has 0 unspecified atom stereocenters. The molecule has 0 aliphatic carbocycles. The van der Waals surface area contributed by atoms with E-state index in [0.717, 1.165) is 0 Å². The highest BCUT2D eigenvalue weighted by Crippen LogP contribution is 2.24. The second-order valence-corrected chi connectivity index (χ2v) is 5.08. The molecule has 2 aromatic rings. The highest BCUT2D eigenvalue weighted by molar-refractivity contribution is 7.80. The Bertz CT molecular complexity index is 631. The van der Waals surface area contributed by atoms with Crippen molar-refractivity contribution in [2.45, 2.75) is 18.0 Å². The molecule has 2 nitrogen and oxygen atoms in total. The molecule has 0 bridgehead atoms.